The monoisotopic (exact) mass is 292 g/mol. The first-order valence-electron chi connectivity index (χ1n) is 5.79. The van der Waals surface area contributed by atoms with E-state index in [1.165, 1.54) is 29.5 Å². The molecule has 1 amide bonds. The Morgan fingerprint density at radius 1 is 1.50 bits per heavy atom. The molecule has 7 nitrogen and oxygen atoms in total. The maximum Gasteiger partial charge on any atom is 0.292 e. The van der Waals surface area contributed by atoms with E-state index in [9.17, 15) is 14.9 Å². The molecule has 0 saturated heterocycles. The van der Waals surface area contributed by atoms with Crippen LogP contribution in [0.5, 0.6) is 0 Å². The highest BCUT2D eigenvalue weighted by Crippen LogP contribution is 2.24. The topological polar surface area (TPSA) is 111 Å². The summed E-state index contributed by atoms with van der Waals surface area (Å²) in [6.45, 7) is 0.397. The van der Waals surface area contributed by atoms with Crippen molar-refractivity contribution in [2.24, 2.45) is 0 Å². The van der Waals surface area contributed by atoms with Crippen LogP contribution in [0, 0.1) is 10.1 Å². The Labute approximate surface area is 118 Å². The van der Waals surface area contributed by atoms with Crippen LogP contribution in [0.25, 0.3) is 0 Å². The van der Waals surface area contributed by atoms with Gasteiger partial charge in [-0.05, 0) is 6.07 Å². The van der Waals surface area contributed by atoms with Crippen LogP contribution in [0.15, 0.2) is 29.8 Å². The molecule has 104 valence electrons. The number of rotatable bonds is 5. The lowest BCUT2D eigenvalue weighted by molar-refractivity contribution is -0.383. The molecule has 0 atom stereocenters. The molecule has 8 heteroatoms. The van der Waals surface area contributed by atoms with Gasteiger partial charge in [0.25, 0.3) is 11.6 Å². The van der Waals surface area contributed by atoms with Crippen molar-refractivity contribution in [3.05, 3.63) is 50.5 Å². The Hall–Kier alpha value is -2.48. The van der Waals surface area contributed by atoms with Crippen molar-refractivity contribution in [2.75, 3.05) is 12.3 Å². The van der Waals surface area contributed by atoms with Crippen molar-refractivity contribution >= 4 is 28.6 Å². The van der Waals surface area contributed by atoms with Crippen molar-refractivity contribution in [1.29, 1.82) is 0 Å². The second kappa shape index (κ2) is 6.11. The number of nitrogens with one attached hydrogen (secondary N) is 1. The number of nitrogens with two attached hydrogens (primary N) is 1. The number of benzene rings is 1. The van der Waals surface area contributed by atoms with E-state index in [1.54, 1.807) is 6.20 Å². The van der Waals surface area contributed by atoms with Crippen molar-refractivity contribution < 1.29 is 9.72 Å². The average Bonchev–Trinajstić information content (AvgIpc) is 2.91. The van der Waals surface area contributed by atoms with E-state index in [0.29, 0.717) is 13.0 Å². The minimum absolute atomic E-state index is 0.110. The molecule has 0 radical (unpaired) electrons. The molecule has 1 heterocycles. The molecular formula is C12H12N4O3S. The summed E-state index contributed by atoms with van der Waals surface area (Å²) >= 11 is 1.50. The maximum absolute atomic E-state index is 11.9. The molecule has 0 aliphatic heterocycles. The largest absolute Gasteiger partial charge is 0.393 e. The maximum atomic E-state index is 11.9. The number of carbonyl (C=O) groups excluding carboxylic acids is 1. The summed E-state index contributed by atoms with van der Waals surface area (Å²) in [6.07, 6.45) is 2.30. The predicted octanol–water partition coefficient (Wildman–Crippen LogP) is 1.61. The summed E-state index contributed by atoms with van der Waals surface area (Å²) in [6, 6.07) is 4.16. The summed E-state index contributed by atoms with van der Waals surface area (Å²) in [5.74, 6) is -0.428. The normalized spacial score (nSPS) is 10.2. The zero-order valence-corrected chi connectivity index (χ0v) is 11.2. The predicted molar refractivity (Wildman–Crippen MR) is 75.7 cm³/mol. The lowest BCUT2D eigenvalue weighted by Gasteiger charge is -2.06. The summed E-state index contributed by atoms with van der Waals surface area (Å²) in [7, 11) is 0. The van der Waals surface area contributed by atoms with Crippen LogP contribution >= 0.6 is 11.3 Å². The van der Waals surface area contributed by atoms with Crippen LogP contribution in [0.4, 0.5) is 11.4 Å². The van der Waals surface area contributed by atoms with Gasteiger partial charge in [0.2, 0.25) is 0 Å². The molecule has 0 aliphatic rings. The smallest absolute Gasteiger partial charge is 0.292 e. The number of nitrogens with zero attached hydrogens (tertiary/aromatic N) is 2. The minimum atomic E-state index is -0.609. The van der Waals surface area contributed by atoms with Gasteiger partial charge in [0.05, 0.1) is 15.5 Å². The lowest BCUT2D eigenvalue weighted by Crippen LogP contribution is -2.26. The fourth-order valence-corrected chi connectivity index (χ4v) is 2.29. The third-order valence-electron chi connectivity index (χ3n) is 2.63. The first-order valence-corrected chi connectivity index (χ1v) is 6.67. The van der Waals surface area contributed by atoms with Crippen LogP contribution in [-0.4, -0.2) is 22.4 Å². The molecule has 0 fully saturated rings. The van der Waals surface area contributed by atoms with Gasteiger partial charge in [-0.25, -0.2) is 4.98 Å². The zero-order valence-electron chi connectivity index (χ0n) is 10.4. The van der Waals surface area contributed by atoms with Gasteiger partial charge in [0.15, 0.2) is 0 Å². The standard InChI is InChI=1S/C12H12N4O3S/c13-11-8(2-1-3-9(11)16(18)19)12(17)15-5-4-10-14-6-7-20-10/h1-3,6-7H,4-5,13H2,(H,15,17). The number of thiazole rings is 1. The molecule has 0 saturated carbocycles. The summed E-state index contributed by atoms with van der Waals surface area (Å²) < 4.78 is 0. The SMILES string of the molecule is Nc1c(C(=O)NCCc2nccs2)cccc1[N+](=O)[O-]. The number of amides is 1. The van der Waals surface area contributed by atoms with Gasteiger partial charge in [-0.3, -0.25) is 14.9 Å². The number of aromatic nitrogens is 1. The Balaban J connectivity index is 2.02. The van der Waals surface area contributed by atoms with Crippen LogP contribution in [0.2, 0.25) is 0 Å². The number of nitro benzene ring substituents is 1. The molecule has 0 bridgehead atoms. The molecule has 2 rings (SSSR count). The van der Waals surface area contributed by atoms with Crippen LogP contribution in [0.1, 0.15) is 15.4 Å². The number of hydrogen-bond donors (Lipinski definition) is 2. The molecule has 1 aromatic heterocycles. The lowest BCUT2D eigenvalue weighted by atomic mass is 10.1. The number of anilines is 1. The molecule has 3 N–H and O–H groups in total. The van der Waals surface area contributed by atoms with Gasteiger partial charge in [0.1, 0.15) is 5.69 Å². The third-order valence-corrected chi connectivity index (χ3v) is 3.47. The van der Waals surface area contributed by atoms with E-state index in [-0.39, 0.29) is 16.9 Å². The van der Waals surface area contributed by atoms with Crippen LogP contribution < -0.4 is 11.1 Å². The van der Waals surface area contributed by atoms with E-state index in [0.717, 1.165) is 5.01 Å². The van der Waals surface area contributed by atoms with Gasteiger partial charge in [-0.2, -0.15) is 0 Å². The first-order chi connectivity index (χ1) is 9.59. The molecule has 0 spiro atoms. The summed E-state index contributed by atoms with van der Waals surface area (Å²) in [5, 5.41) is 16.2. The van der Waals surface area contributed by atoms with E-state index in [4.69, 9.17) is 5.73 Å². The molecule has 20 heavy (non-hydrogen) atoms. The molecule has 1 aromatic carbocycles. The Kier molecular flexibility index (Phi) is 4.26. The second-order valence-electron chi connectivity index (χ2n) is 3.93. The number of para-hydroxylation sites is 1. The fraction of sp³-hybridized carbons (Fsp3) is 0.167. The minimum Gasteiger partial charge on any atom is -0.393 e. The first kappa shape index (κ1) is 13.9. The molecular weight excluding hydrogens is 280 g/mol. The Morgan fingerprint density at radius 3 is 2.95 bits per heavy atom. The van der Waals surface area contributed by atoms with E-state index in [1.807, 2.05) is 5.38 Å². The average molecular weight is 292 g/mol. The second-order valence-corrected chi connectivity index (χ2v) is 4.91. The van der Waals surface area contributed by atoms with Crippen molar-refractivity contribution in [2.45, 2.75) is 6.42 Å². The molecule has 0 unspecified atom stereocenters. The number of nitro groups is 1. The highest BCUT2D eigenvalue weighted by molar-refractivity contribution is 7.09. The van der Waals surface area contributed by atoms with Gasteiger partial charge >= 0.3 is 0 Å². The quantitative estimate of drug-likeness (QED) is 0.494. The summed E-state index contributed by atoms with van der Waals surface area (Å²) in [5.41, 5.74) is 5.36. The van der Waals surface area contributed by atoms with Crippen LogP contribution in [0.3, 0.4) is 0 Å². The van der Waals surface area contributed by atoms with E-state index < -0.39 is 10.8 Å². The number of nitrogen functional groups attached to an aromatic ring is 1. The zero-order chi connectivity index (χ0) is 14.5. The third kappa shape index (κ3) is 3.09. The van der Waals surface area contributed by atoms with E-state index in [2.05, 4.69) is 10.3 Å². The summed E-state index contributed by atoms with van der Waals surface area (Å²) in [4.78, 5) is 26.2. The van der Waals surface area contributed by atoms with Gasteiger partial charge in [-0.1, -0.05) is 6.07 Å². The Bertz CT molecular complexity index is 628. The van der Waals surface area contributed by atoms with Gasteiger partial charge in [-0.15, -0.1) is 11.3 Å². The van der Waals surface area contributed by atoms with Crippen molar-refractivity contribution in [3.8, 4) is 0 Å². The fourth-order valence-electron chi connectivity index (χ4n) is 1.66. The number of hydrogen-bond acceptors (Lipinski definition) is 6. The van der Waals surface area contributed by atoms with Crippen molar-refractivity contribution in [3.63, 3.8) is 0 Å². The molecule has 2 aromatic rings. The Morgan fingerprint density at radius 2 is 2.30 bits per heavy atom. The molecule has 0 aliphatic carbocycles. The highest BCUT2D eigenvalue weighted by atomic mass is 32.1. The highest BCUT2D eigenvalue weighted by Gasteiger charge is 2.18. The van der Waals surface area contributed by atoms with Crippen molar-refractivity contribution in [1.82, 2.24) is 10.3 Å². The number of carbonyl (C=O) groups is 1. The van der Waals surface area contributed by atoms with Crippen LogP contribution in [-0.2, 0) is 6.42 Å². The van der Waals surface area contributed by atoms with E-state index >= 15 is 0 Å². The van der Waals surface area contributed by atoms with Gasteiger partial charge < -0.3 is 11.1 Å². The van der Waals surface area contributed by atoms with Gasteiger partial charge in [0, 0.05) is 30.6 Å².